The maximum absolute atomic E-state index is 5.71. The van der Waals surface area contributed by atoms with Crippen molar-refractivity contribution in [3.8, 4) is 0 Å². The fourth-order valence-electron chi connectivity index (χ4n) is 2.30. The third kappa shape index (κ3) is 3.56. The highest BCUT2D eigenvalue weighted by Crippen LogP contribution is 2.16. The summed E-state index contributed by atoms with van der Waals surface area (Å²) in [5.74, 6) is 1.50. The highest BCUT2D eigenvalue weighted by atomic mass is 15.1. The molecule has 0 saturated carbocycles. The lowest BCUT2D eigenvalue weighted by Gasteiger charge is -2.32. The molecule has 0 aromatic carbocycles. The standard InChI is InChI=1S/C11H25N3/c1-3-14(4-2)9-11-5-10(6-12)7-13-8-11/h10-11,13H,3-9,12H2,1-2H3. The first-order chi connectivity index (χ1) is 6.80. The average molecular weight is 199 g/mol. The maximum Gasteiger partial charge on any atom is 0.00217 e. The van der Waals surface area contributed by atoms with E-state index in [0.29, 0.717) is 5.92 Å². The van der Waals surface area contributed by atoms with Crippen LogP contribution in [0, 0.1) is 11.8 Å². The molecule has 0 aromatic rings. The van der Waals surface area contributed by atoms with E-state index in [0.717, 1.165) is 19.0 Å². The van der Waals surface area contributed by atoms with Crippen molar-refractivity contribution in [2.45, 2.75) is 20.3 Å². The van der Waals surface area contributed by atoms with Crippen LogP contribution in [0.5, 0.6) is 0 Å². The van der Waals surface area contributed by atoms with Crippen molar-refractivity contribution < 1.29 is 0 Å². The Morgan fingerprint density at radius 1 is 1.21 bits per heavy atom. The summed E-state index contributed by atoms with van der Waals surface area (Å²) < 4.78 is 0. The smallest absolute Gasteiger partial charge is 0.00217 e. The molecule has 1 heterocycles. The molecule has 2 unspecified atom stereocenters. The van der Waals surface area contributed by atoms with E-state index in [2.05, 4.69) is 24.1 Å². The summed E-state index contributed by atoms with van der Waals surface area (Å²) >= 11 is 0. The SMILES string of the molecule is CCN(CC)CC1CNCC(CN)C1. The van der Waals surface area contributed by atoms with Crippen LogP contribution in [-0.4, -0.2) is 44.2 Å². The van der Waals surface area contributed by atoms with Crippen LogP contribution in [0.25, 0.3) is 0 Å². The molecule has 0 bridgehead atoms. The topological polar surface area (TPSA) is 41.3 Å². The molecule has 3 heteroatoms. The van der Waals surface area contributed by atoms with Gasteiger partial charge in [-0.3, -0.25) is 0 Å². The van der Waals surface area contributed by atoms with Crippen LogP contribution in [-0.2, 0) is 0 Å². The third-order valence-corrected chi connectivity index (χ3v) is 3.28. The zero-order valence-corrected chi connectivity index (χ0v) is 9.63. The molecule has 0 amide bonds. The number of nitrogens with one attached hydrogen (secondary N) is 1. The van der Waals surface area contributed by atoms with E-state index in [4.69, 9.17) is 5.73 Å². The summed E-state index contributed by atoms with van der Waals surface area (Å²) in [5.41, 5.74) is 5.71. The molecule has 84 valence electrons. The highest BCUT2D eigenvalue weighted by molar-refractivity contribution is 4.78. The molecule has 0 aromatic heterocycles. The Bertz CT molecular complexity index is 145. The van der Waals surface area contributed by atoms with E-state index in [1.165, 1.54) is 32.6 Å². The van der Waals surface area contributed by atoms with E-state index < -0.39 is 0 Å². The predicted molar refractivity (Wildman–Crippen MR) is 61.3 cm³/mol. The molecule has 1 fully saturated rings. The van der Waals surface area contributed by atoms with Gasteiger partial charge in [0.2, 0.25) is 0 Å². The van der Waals surface area contributed by atoms with Crippen molar-refractivity contribution in [1.82, 2.24) is 10.2 Å². The summed E-state index contributed by atoms with van der Waals surface area (Å²) in [7, 11) is 0. The van der Waals surface area contributed by atoms with Gasteiger partial charge in [0, 0.05) is 6.54 Å². The molecule has 1 saturated heterocycles. The molecule has 0 radical (unpaired) electrons. The minimum atomic E-state index is 0.698. The summed E-state index contributed by atoms with van der Waals surface area (Å²) in [4.78, 5) is 2.51. The Kier molecular flexibility index (Phi) is 5.45. The number of nitrogens with zero attached hydrogens (tertiary/aromatic N) is 1. The fraction of sp³-hybridized carbons (Fsp3) is 1.00. The summed E-state index contributed by atoms with van der Waals surface area (Å²) in [6, 6.07) is 0. The minimum absolute atomic E-state index is 0.698. The van der Waals surface area contributed by atoms with Gasteiger partial charge >= 0.3 is 0 Å². The zero-order valence-electron chi connectivity index (χ0n) is 9.63. The molecule has 1 aliphatic rings. The Morgan fingerprint density at radius 3 is 2.43 bits per heavy atom. The van der Waals surface area contributed by atoms with Gasteiger partial charge in [-0.05, 0) is 51.0 Å². The Balaban J connectivity index is 2.29. The second-order valence-corrected chi connectivity index (χ2v) is 4.35. The first-order valence-electron chi connectivity index (χ1n) is 5.93. The van der Waals surface area contributed by atoms with Crippen LogP contribution in [0.4, 0.5) is 0 Å². The Labute approximate surface area is 88.0 Å². The fourth-order valence-corrected chi connectivity index (χ4v) is 2.30. The predicted octanol–water partition coefficient (Wildman–Crippen LogP) is 0.513. The van der Waals surface area contributed by atoms with Crippen molar-refractivity contribution in [2.24, 2.45) is 17.6 Å². The van der Waals surface area contributed by atoms with Gasteiger partial charge in [0.1, 0.15) is 0 Å². The van der Waals surface area contributed by atoms with Crippen molar-refractivity contribution in [2.75, 3.05) is 39.3 Å². The molecule has 3 N–H and O–H groups in total. The molecular formula is C11H25N3. The van der Waals surface area contributed by atoms with Crippen LogP contribution in [0.3, 0.4) is 0 Å². The summed E-state index contributed by atoms with van der Waals surface area (Å²) in [6.07, 6.45) is 1.31. The number of hydrogen-bond donors (Lipinski definition) is 2. The normalized spacial score (nSPS) is 28.3. The number of piperidine rings is 1. The van der Waals surface area contributed by atoms with Gasteiger partial charge in [0.25, 0.3) is 0 Å². The monoisotopic (exact) mass is 199 g/mol. The van der Waals surface area contributed by atoms with Gasteiger partial charge in [-0.15, -0.1) is 0 Å². The molecule has 2 atom stereocenters. The second-order valence-electron chi connectivity index (χ2n) is 4.35. The van der Waals surface area contributed by atoms with Gasteiger partial charge in [-0.1, -0.05) is 13.8 Å². The van der Waals surface area contributed by atoms with Crippen LogP contribution in [0.2, 0.25) is 0 Å². The molecule has 0 spiro atoms. The number of rotatable bonds is 5. The molecule has 0 aliphatic carbocycles. The van der Waals surface area contributed by atoms with Crippen LogP contribution < -0.4 is 11.1 Å². The van der Waals surface area contributed by atoms with Gasteiger partial charge < -0.3 is 16.0 Å². The highest BCUT2D eigenvalue weighted by Gasteiger charge is 2.21. The largest absolute Gasteiger partial charge is 0.330 e. The minimum Gasteiger partial charge on any atom is -0.330 e. The number of nitrogens with two attached hydrogens (primary N) is 1. The Morgan fingerprint density at radius 2 is 1.86 bits per heavy atom. The Hall–Kier alpha value is -0.120. The van der Waals surface area contributed by atoms with Crippen molar-refractivity contribution in [3.05, 3.63) is 0 Å². The van der Waals surface area contributed by atoms with E-state index in [1.807, 2.05) is 0 Å². The van der Waals surface area contributed by atoms with Gasteiger partial charge in [-0.25, -0.2) is 0 Å². The molecular weight excluding hydrogens is 174 g/mol. The van der Waals surface area contributed by atoms with E-state index in [-0.39, 0.29) is 0 Å². The van der Waals surface area contributed by atoms with E-state index in [9.17, 15) is 0 Å². The van der Waals surface area contributed by atoms with E-state index >= 15 is 0 Å². The maximum atomic E-state index is 5.71. The summed E-state index contributed by atoms with van der Waals surface area (Å²) in [5, 5.41) is 3.48. The first kappa shape index (κ1) is 12.0. The average Bonchev–Trinajstić information content (AvgIpc) is 2.26. The molecule has 14 heavy (non-hydrogen) atoms. The molecule has 1 rings (SSSR count). The molecule has 1 aliphatic heterocycles. The van der Waals surface area contributed by atoms with Crippen molar-refractivity contribution in [1.29, 1.82) is 0 Å². The van der Waals surface area contributed by atoms with E-state index in [1.54, 1.807) is 0 Å². The second kappa shape index (κ2) is 6.38. The first-order valence-corrected chi connectivity index (χ1v) is 5.93. The third-order valence-electron chi connectivity index (χ3n) is 3.28. The lowest BCUT2D eigenvalue weighted by atomic mass is 9.90. The summed E-state index contributed by atoms with van der Waals surface area (Å²) in [6.45, 7) is 11.2. The van der Waals surface area contributed by atoms with Crippen molar-refractivity contribution >= 4 is 0 Å². The lowest BCUT2D eigenvalue weighted by Crippen LogP contribution is -2.43. The van der Waals surface area contributed by atoms with Gasteiger partial charge in [0.15, 0.2) is 0 Å². The zero-order chi connectivity index (χ0) is 10.4. The number of hydrogen-bond acceptors (Lipinski definition) is 3. The van der Waals surface area contributed by atoms with Gasteiger partial charge in [-0.2, -0.15) is 0 Å². The van der Waals surface area contributed by atoms with Crippen LogP contribution >= 0.6 is 0 Å². The van der Waals surface area contributed by atoms with Crippen LogP contribution in [0.15, 0.2) is 0 Å². The molecule has 3 nitrogen and oxygen atoms in total. The quantitative estimate of drug-likeness (QED) is 0.678. The van der Waals surface area contributed by atoms with Crippen molar-refractivity contribution in [3.63, 3.8) is 0 Å². The lowest BCUT2D eigenvalue weighted by molar-refractivity contribution is 0.198. The van der Waals surface area contributed by atoms with Crippen LogP contribution in [0.1, 0.15) is 20.3 Å². The van der Waals surface area contributed by atoms with Gasteiger partial charge in [0.05, 0.1) is 0 Å².